The van der Waals surface area contributed by atoms with Crippen LogP contribution in [0, 0.1) is 50.7 Å². The molecule has 190 valence electrons. The van der Waals surface area contributed by atoms with Gasteiger partial charge in [0.25, 0.3) is 0 Å². The van der Waals surface area contributed by atoms with Gasteiger partial charge < -0.3 is 9.47 Å². The third kappa shape index (κ3) is 3.00. The first kappa shape index (κ1) is 23.8. The van der Waals surface area contributed by atoms with Crippen molar-refractivity contribution in [3.63, 3.8) is 0 Å². The first-order valence-corrected chi connectivity index (χ1v) is 15.2. The number of carbonyl (C=O) groups excluding carboxylic acids is 2. The van der Waals surface area contributed by atoms with E-state index in [1.165, 1.54) is 64.2 Å². The number of ether oxygens (including phenoxy) is 2. The zero-order valence-corrected chi connectivity index (χ0v) is 23.0. The summed E-state index contributed by atoms with van der Waals surface area (Å²) in [6.07, 6.45) is 13.7. The minimum Gasteiger partial charge on any atom is -0.465 e. The summed E-state index contributed by atoms with van der Waals surface area (Å²) in [7, 11) is 0. The molecule has 8 fully saturated rings. The summed E-state index contributed by atoms with van der Waals surface area (Å²) in [6, 6.07) is 0. The van der Waals surface area contributed by atoms with Crippen LogP contribution >= 0.6 is 15.9 Å². The third-order valence-corrected chi connectivity index (χ3v) is 13.2. The van der Waals surface area contributed by atoms with E-state index in [4.69, 9.17) is 9.47 Å². The van der Waals surface area contributed by atoms with Gasteiger partial charge in [0.1, 0.15) is 0 Å². The van der Waals surface area contributed by atoms with Crippen molar-refractivity contribution < 1.29 is 19.1 Å². The quantitative estimate of drug-likeness (QED) is 0.188. The van der Waals surface area contributed by atoms with Crippen molar-refractivity contribution in [1.82, 2.24) is 0 Å². The van der Waals surface area contributed by atoms with Crippen molar-refractivity contribution >= 4 is 27.9 Å². The SMILES string of the molecule is CCOC(=O)C(CC12C[C@@H]3C[C@H](CC1(C)C3)C2)(CC12C[C@@H]3C[C@H](CC1(CBr)C3)C2)C(=O)OCC. The van der Waals surface area contributed by atoms with E-state index in [0.717, 1.165) is 29.0 Å². The van der Waals surface area contributed by atoms with Crippen molar-refractivity contribution in [2.24, 2.45) is 50.7 Å². The Kier molecular flexibility index (Phi) is 5.40. The van der Waals surface area contributed by atoms with E-state index < -0.39 is 5.41 Å². The van der Waals surface area contributed by atoms with Crippen LogP contribution in [-0.4, -0.2) is 30.5 Å². The fraction of sp³-hybridized carbons (Fsp3) is 0.931. The zero-order valence-electron chi connectivity index (χ0n) is 21.4. The van der Waals surface area contributed by atoms with Gasteiger partial charge in [-0.3, -0.25) is 9.59 Å². The molecule has 34 heavy (non-hydrogen) atoms. The van der Waals surface area contributed by atoms with E-state index in [0.29, 0.717) is 26.1 Å². The van der Waals surface area contributed by atoms with E-state index in [1.807, 2.05) is 13.8 Å². The summed E-state index contributed by atoms with van der Waals surface area (Å²) in [5, 5.41) is 0.988. The first-order valence-electron chi connectivity index (χ1n) is 14.1. The molecule has 0 aromatic heterocycles. The molecule has 8 rings (SSSR count). The minimum absolute atomic E-state index is 0.0524. The molecule has 0 N–H and O–H groups in total. The monoisotopic (exact) mass is 534 g/mol. The summed E-state index contributed by atoms with van der Waals surface area (Å²) < 4.78 is 11.6. The molecule has 0 saturated heterocycles. The smallest absolute Gasteiger partial charge is 0.323 e. The lowest BCUT2D eigenvalue weighted by Crippen LogP contribution is -2.52. The van der Waals surface area contributed by atoms with Gasteiger partial charge in [0, 0.05) is 5.33 Å². The molecule has 4 atom stereocenters. The number of carbonyl (C=O) groups is 2. The Morgan fingerprint density at radius 1 is 0.735 bits per heavy atom. The number of hydrogen-bond acceptors (Lipinski definition) is 4. The maximum Gasteiger partial charge on any atom is 0.323 e. The van der Waals surface area contributed by atoms with Crippen LogP contribution in [0.3, 0.4) is 0 Å². The van der Waals surface area contributed by atoms with Crippen LogP contribution in [0.5, 0.6) is 0 Å². The minimum atomic E-state index is -1.16. The number of esters is 2. The number of hydrogen-bond donors (Lipinski definition) is 0. The molecule has 8 aliphatic carbocycles. The van der Waals surface area contributed by atoms with E-state index in [9.17, 15) is 9.59 Å². The summed E-state index contributed by atoms with van der Waals surface area (Å²) in [4.78, 5) is 28.2. The van der Waals surface area contributed by atoms with Crippen LogP contribution in [0.1, 0.15) is 97.8 Å². The van der Waals surface area contributed by atoms with E-state index in [-0.39, 0.29) is 33.6 Å². The van der Waals surface area contributed by atoms with E-state index in [2.05, 4.69) is 22.9 Å². The highest BCUT2D eigenvalue weighted by molar-refractivity contribution is 9.09. The summed E-state index contributed by atoms with van der Waals surface area (Å²) in [5.41, 5.74) is -0.560. The van der Waals surface area contributed by atoms with Gasteiger partial charge in [-0.1, -0.05) is 22.9 Å². The largest absolute Gasteiger partial charge is 0.465 e. The molecular formula is C29H43BrO4. The first-order chi connectivity index (χ1) is 16.2. The third-order valence-electron chi connectivity index (χ3n) is 12.2. The molecule has 0 aromatic rings. The predicted molar refractivity (Wildman–Crippen MR) is 134 cm³/mol. The van der Waals surface area contributed by atoms with Crippen molar-refractivity contribution in [3.8, 4) is 0 Å². The molecule has 8 aliphatic rings. The summed E-state index contributed by atoms with van der Waals surface area (Å²) in [5.74, 6) is 2.46. The molecule has 0 amide bonds. The number of alkyl halides is 1. The Morgan fingerprint density at radius 2 is 1.15 bits per heavy atom. The van der Waals surface area contributed by atoms with Gasteiger partial charge >= 0.3 is 11.9 Å². The fourth-order valence-corrected chi connectivity index (χ4v) is 12.7. The van der Waals surface area contributed by atoms with Gasteiger partial charge in [-0.2, -0.15) is 0 Å². The lowest BCUT2D eigenvalue weighted by molar-refractivity contribution is -0.181. The molecule has 0 heterocycles. The summed E-state index contributed by atoms with van der Waals surface area (Å²) in [6.45, 7) is 6.85. The van der Waals surface area contributed by atoms with Crippen molar-refractivity contribution in [3.05, 3.63) is 0 Å². The standard InChI is InChI=1S/C29H43BrO4/c1-4-33-23(31)29(24(32)34-5-2,16-26-10-19-6-20(11-26)9-25(26,3)8-19)17-27-12-21-7-22(13-27)15-28(27,14-21)18-30/h19-22H,4-18H2,1-3H3/t19-,20-,21+,22+,25?,26?,27?,28?/m1/s1. The molecule has 0 aliphatic heterocycles. The normalized spacial score (nSPS) is 47.5. The second kappa shape index (κ2) is 7.71. The van der Waals surface area contributed by atoms with Gasteiger partial charge in [0.15, 0.2) is 5.41 Å². The molecule has 5 heteroatoms. The Hall–Kier alpha value is -0.580. The highest BCUT2D eigenvalue weighted by Crippen LogP contribution is 2.78. The molecule has 0 unspecified atom stereocenters. The van der Waals surface area contributed by atoms with Crippen molar-refractivity contribution in [1.29, 1.82) is 0 Å². The van der Waals surface area contributed by atoms with Crippen molar-refractivity contribution in [2.45, 2.75) is 97.8 Å². The average molecular weight is 536 g/mol. The second-order valence-electron chi connectivity index (χ2n) is 14.0. The van der Waals surface area contributed by atoms with Crippen molar-refractivity contribution in [2.75, 3.05) is 18.5 Å². The lowest BCUT2D eigenvalue weighted by Gasteiger charge is -2.49. The highest BCUT2D eigenvalue weighted by Gasteiger charge is 2.72. The van der Waals surface area contributed by atoms with Crippen LogP contribution in [0.25, 0.3) is 0 Å². The second-order valence-corrected chi connectivity index (χ2v) is 14.5. The summed E-state index contributed by atoms with van der Waals surface area (Å²) >= 11 is 3.92. The fourth-order valence-electron chi connectivity index (χ4n) is 11.7. The van der Waals surface area contributed by atoms with E-state index >= 15 is 0 Å². The predicted octanol–water partition coefficient (Wildman–Crippen LogP) is 6.69. The number of rotatable bonds is 9. The maximum absolute atomic E-state index is 14.1. The van der Waals surface area contributed by atoms with Crippen LogP contribution in [0.4, 0.5) is 0 Å². The molecule has 0 radical (unpaired) electrons. The Morgan fingerprint density at radius 3 is 1.62 bits per heavy atom. The maximum atomic E-state index is 14.1. The zero-order chi connectivity index (χ0) is 24.0. The van der Waals surface area contributed by atoms with Gasteiger partial charge in [-0.05, 0) is 136 Å². The highest BCUT2D eigenvalue weighted by atomic mass is 79.9. The molecule has 8 saturated carbocycles. The van der Waals surface area contributed by atoms with Gasteiger partial charge in [-0.25, -0.2) is 0 Å². The van der Waals surface area contributed by atoms with Crippen LogP contribution in [0.15, 0.2) is 0 Å². The number of halogens is 1. The Bertz CT molecular complexity index is 833. The molecule has 8 bridgehead atoms. The molecule has 0 aromatic carbocycles. The van der Waals surface area contributed by atoms with Crippen LogP contribution < -0.4 is 0 Å². The van der Waals surface area contributed by atoms with Crippen LogP contribution in [0.2, 0.25) is 0 Å². The van der Waals surface area contributed by atoms with Gasteiger partial charge in [-0.15, -0.1) is 0 Å². The molecule has 4 nitrogen and oxygen atoms in total. The van der Waals surface area contributed by atoms with E-state index in [1.54, 1.807) is 0 Å². The lowest BCUT2D eigenvalue weighted by atomic mass is 9.54. The molecular weight excluding hydrogens is 492 g/mol. The van der Waals surface area contributed by atoms with Gasteiger partial charge in [0.05, 0.1) is 13.2 Å². The Balaban J connectivity index is 1.44. The topological polar surface area (TPSA) is 52.6 Å². The molecule has 0 spiro atoms. The Labute approximate surface area is 213 Å². The van der Waals surface area contributed by atoms with Crippen LogP contribution in [-0.2, 0) is 19.1 Å². The van der Waals surface area contributed by atoms with Gasteiger partial charge in [0.2, 0.25) is 0 Å². The average Bonchev–Trinajstić information content (AvgIpc) is 3.27.